The first-order chi connectivity index (χ1) is 8.97. The number of aromatic hydroxyl groups is 1. The van der Waals surface area contributed by atoms with Gasteiger partial charge in [0.15, 0.2) is 0 Å². The molecule has 1 atom stereocenters. The molecule has 0 aliphatic heterocycles. The maximum absolute atomic E-state index is 9.68. The number of rotatable bonds is 3. The molecule has 0 aliphatic carbocycles. The fourth-order valence-electron chi connectivity index (χ4n) is 2.21. The van der Waals surface area contributed by atoms with Crippen LogP contribution in [0.25, 0.3) is 0 Å². The summed E-state index contributed by atoms with van der Waals surface area (Å²) < 4.78 is 0. The Kier molecular flexibility index (Phi) is 3.79. The Balaban J connectivity index is 2.24. The van der Waals surface area contributed by atoms with Crippen molar-refractivity contribution >= 4 is 5.69 Å². The van der Waals surface area contributed by atoms with Crippen molar-refractivity contribution in [3.63, 3.8) is 0 Å². The number of phenols is 1. The van der Waals surface area contributed by atoms with Crippen LogP contribution in [0.5, 0.6) is 5.75 Å². The zero-order valence-electron chi connectivity index (χ0n) is 12.0. The molecule has 2 nitrogen and oxygen atoms in total. The van der Waals surface area contributed by atoms with Crippen LogP contribution < -0.4 is 5.32 Å². The molecule has 2 rings (SSSR count). The van der Waals surface area contributed by atoms with Crippen molar-refractivity contribution in [3.8, 4) is 5.75 Å². The Labute approximate surface area is 115 Å². The third-order valence-electron chi connectivity index (χ3n) is 3.46. The molecule has 0 spiro atoms. The lowest BCUT2D eigenvalue weighted by Gasteiger charge is -2.19. The highest BCUT2D eigenvalue weighted by Crippen LogP contribution is 2.28. The van der Waals surface area contributed by atoms with Crippen LogP contribution in [0.2, 0.25) is 0 Å². The second-order valence-electron chi connectivity index (χ2n) is 5.23. The third kappa shape index (κ3) is 3.08. The maximum atomic E-state index is 9.68. The number of hydrogen-bond donors (Lipinski definition) is 2. The SMILES string of the molecule is Cc1cccc(C(C)Nc2cc(C)c(O)cc2C)c1. The highest BCUT2D eigenvalue weighted by molar-refractivity contribution is 5.57. The van der Waals surface area contributed by atoms with E-state index in [1.165, 1.54) is 11.1 Å². The summed E-state index contributed by atoms with van der Waals surface area (Å²) in [6.45, 7) is 8.17. The molecule has 100 valence electrons. The van der Waals surface area contributed by atoms with Gasteiger partial charge >= 0.3 is 0 Å². The first-order valence-corrected chi connectivity index (χ1v) is 6.60. The van der Waals surface area contributed by atoms with Crippen molar-refractivity contribution in [1.82, 2.24) is 0 Å². The van der Waals surface area contributed by atoms with Gasteiger partial charge in [0.25, 0.3) is 0 Å². The Morgan fingerprint density at radius 3 is 2.42 bits per heavy atom. The van der Waals surface area contributed by atoms with E-state index in [-0.39, 0.29) is 6.04 Å². The van der Waals surface area contributed by atoms with E-state index in [0.717, 1.165) is 16.8 Å². The quantitative estimate of drug-likeness (QED) is 0.792. The lowest BCUT2D eigenvalue weighted by atomic mass is 10.0. The number of anilines is 1. The molecule has 0 saturated heterocycles. The lowest BCUT2D eigenvalue weighted by Crippen LogP contribution is -2.08. The van der Waals surface area contributed by atoms with Crippen LogP contribution in [-0.4, -0.2) is 5.11 Å². The summed E-state index contributed by atoms with van der Waals surface area (Å²) in [6.07, 6.45) is 0. The highest BCUT2D eigenvalue weighted by atomic mass is 16.3. The third-order valence-corrected chi connectivity index (χ3v) is 3.46. The molecule has 19 heavy (non-hydrogen) atoms. The topological polar surface area (TPSA) is 32.3 Å². The minimum absolute atomic E-state index is 0.238. The van der Waals surface area contributed by atoms with Gasteiger partial charge in [-0.1, -0.05) is 29.8 Å². The van der Waals surface area contributed by atoms with Crippen molar-refractivity contribution in [3.05, 3.63) is 58.7 Å². The Morgan fingerprint density at radius 1 is 1.00 bits per heavy atom. The van der Waals surface area contributed by atoms with Crippen LogP contribution in [-0.2, 0) is 0 Å². The van der Waals surface area contributed by atoms with E-state index < -0.39 is 0 Å². The summed E-state index contributed by atoms with van der Waals surface area (Å²) in [4.78, 5) is 0. The molecule has 0 radical (unpaired) electrons. The van der Waals surface area contributed by atoms with E-state index in [1.54, 1.807) is 6.07 Å². The Morgan fingerprint density at radius 2 is 1.74 bits per heavy atom. The van der Waals surface area contributed by atoms with E-state index in [0.29, 0.717) is 5.75 Å². The molecule has 2 N–H and O–H groups in total. The molecule has 0 aromatic heterocycles. The summed E-state index contributed by atoms with van der Waals surface area (Å²) >= 11 is 0. The lowest BCUT2D eigenvalue weighted by molar-refractivity contribution is 0.470. The molecule has 0 saturated carbocycles. The van der Waals surface area contributed by atoms with E-state index in [4.69, 9.17) is 0 Å². The zero-order chi connectivity index (χ0) is 14.0. The van der Waals surface area contributed by atoms with Crippen LogP contribution in [0.3, 0.4) is 0 Å². The van der Waals surface area contributed by atoms with Crippen molar-refractivity contribution < 1.29 is 5.11 Å². The number of phenolic OH excluding ortho intramolecular Hbond substituents is 1. The van der Waals surface area contributed by atoms with Gasteiger partial charge in [-0.3, -0.25) is 0 Å². The van der Waals surface area contributed by atoms with Crippen molar-refractivity contribution in [2.75, 3.05) is 5.32 Å². The molecule has 2 aromatic carbocycles. The molecule has 0 amide bonds. The molecular weight excluding hydrogens is 234 g/mol. The summed E-state index contributed by atoms with van der Waals surface area (Å²) in [5, 5.41) is 13.2. The van der Waals surface area contributed by atoms with Crippen molar-refractivity contribution in [2.45, 2.75) is 33.7 Å². The molecule has 1 unspecified atom stereocenters. The van der Waals surface area contributed by atoms with Gasteiger partial charge < -0.3 is 10.4 Å². The summed E-state index contributed by atoms with van der Waals surface area (Å²) in [5.41, 5.74) is 5.56. The first-order valence-electron chi connectivity index (χ1n) is 6.60. The second kappa shape index (κ2) is 5.35. The molecule has 2 aromatic rings. The van der Waals surface area contributed by atoms with Gasteiger partial charge in [-0.05, 0) is 56.5 Å². The molecule has 0 fully saturated rings. The van der Waals surface area contributed by atoms with Gasteiger partial charge in [-0.25, -0.2) is 0 Å². The fourth-order valence-corrected chi connectivity index (χ4v) is 2.21. The summed E-state index contributed by atoms with van der Waals surface area (Å²) in [7, 11) is 0. The van der Waals surface area contributed by atoms with Crippen molar-refractivity contribution in [2.24, 2.45) is 0 Å². The second-order valence-corrected chi connectivity index (χ2v) is 5.23. The number of aryl methyl sites for hydroxylation is 3. The van der Waals surface area contributed by atoms with Crippen LogP contribution in [0, 0.1) is 20.8 Å². The number of hydrogen-bond acceptors (Lipinski definition) is 2. The minimum Gasteiger partial charge on any atom is -0.508 e. The first kappa shape index (κ1) is 13.5. The van der Waals surface area contributed by atoms with Crippen LogP contribution >= 0.6 is 0 Å². The maximum Gasteiger partial charge on any atom is 0.118 e. The van der Waals surface area contributed by atoms with Crippen LogP contribution in [0.15, 0.2) is 36.4 Å². The Hall–Kier alpha value is -1.96. The summed E-state index contributed by atoms with van der Waals surface area (Å²) in [6, 6.07) is 12.6. The minimum atomic E-state index is 0.238. The molecule has 2 heteroatoms. The number of nitrogens with one attached hydrogen (secondary N) is 1. The van der Waals surface area contributed by atoms with Gasteiger partial charge in [0.05, 0.1) is 0 Å². The zero-order valence-corrected chi connectivity index (χ0v) is 12.0. The normalized spacial score (nSPS) is 12.2. The van der Waals surface area contributed by atoms with E-state index in [1.807, 2.05) is 19.9 Å². The fraction of sp³-hybridized carbons (Fsp3) is 0.294. The molecule has 0 bridgehead atoms. The molecule has 0 heterocycles. The average molecular weight is 255 g/mol. The van der Waals surface area contributed by atoms with E-state index in [2.05, 4.69) is 43.4 Å². The highest BCUT2D eigenvalue weighted by Gasteiger charge is 2.09. The predicted octanol–water partition coefficient (Wildman–Crippen LogP) is 4.49. The van der Waals surface area contributed by atoms with Gasteiger partial charge in [-0.15, -0.1) is 0 Å². The monoisotopic (exact) mass is 255 g/mol. The van der Waals surface area contributed by atoms with Crippen molar-refractivity contribution in [1.29, 1.82) is 0 Å². The average Bonchev–Trinajstić information content (AvgIpc) is 2.36. The molecular formula is C17H21NO. The van der Waals surface area contributed by atoms with Gasteiger partial charge in [0.1, 0.15) is 5.75 Å². The number of benzene rings is 2. The van der Waals surface area contributed by atoms with Crippen LogP contribution in [0.1, 0.15) is 35.2 Å². The largest absolute Gasteiger partial charge is 0.508 e. The molecule has 0 aliphatic rings. The van der Waals surface area contributed by atoms with Gasteiger partial charge in [-0.2, -0.15) is 0 Å². The van der Waals surface area contributed by atoms with Gasteiger partial charge in [0, 0.05) is 11.7 Å². The standard InChI is InChI=1S/C17H21NO/c1-11-6-5-7-15(8-11)14(4)18-16-9-13(3)17(19)10-12(16)2/h5-10,14,18-19H,1-4H3. The van der Waals surface area contributed by atoms with Crippen LogP contribution in [0.4, 0.5) is 5.69 Å². The predicted molar refractivity (Wildman–Crippen MR) is 80.8 cm³/mol. The Bertz CT molecular complexity index is 590. The van der Waals surface area contributed by atoms with E-state index in [9.17, 15) is 5.11 Å². The van der Waals surface area contributed by atoms with Gasteiger partial charge in [0.2, 0.25) is 0 Å². The van der Waals surface area contributed by atoms with E-state index >= 15 is 0 Å². The summed E-state index contributed by atoms with van der Waals surface area (Å²) in [5.74, 6) is 0.353. The smallest absolute Gasteiger partial charge is 0.118 e.